The molecule has 0 amide bonds. The Morgan fingerprint density at radius 1 is 1.00 bits per heavy atom. The lowest BCUT2D eigenvalue weighted by atomic mass is 9.89. The maximum absolute atomic E-state index is 4.31. The minimum absolute atomic E-state index is 0.858. The van der Waals surface area contributed by atoms with Crippen LogP contribution < -0.4 is 0 Å². The number of benzene rings is 1. The zero-order chi connectivity index (χ0) is 13.2. The molecule has 3 rings (SSSR count). The van der Waals surface area contributed by atoms with E-state index in [1.54, 1.807) is 0 Å². The summed E-state index contributed by atoms with van der Waals surface area (Å²) in [6, 6.07) is 8.33. The van der Waals surface area contributed by atoms with Crippen molar-refractivity contribution in [1.82, 2.24) is 15.4 Å². The highest BCUT2D eigenvalue weighted by atomic mass is 15.3. The number of aromatic amines is 1. The van der Waals surface area contributed by atoms with Crippen molar-refractivity contribution in [3.63, 3.8) is 0 Å². The highest BCUT2D eigenvalue weighted by molar-refractivity contribution is 5.85. The van der Waals surface area contributed by atoms with Crippen LogP contribution in [0.1, 0.15) is 17.7 Å². The molecule has 0 fully saturated rings. The fourth-order valence-electron chi connectivity index (χ4n) is 2.57. The maximum atomic E-state index is 4.31. The molecule has 0 aliphatic heterocycles. The van der Waals surface area contributed by atoms with Gasteiger partial charge in [-0.15, -0.1) is 0 Å². The molecule has 94 valence electrons. The molecule has 0 bridgehead atoms. The summed E-state index contributed by atoms with van der Waals surface area (Å²) in [6.45, 7) is 7.81. The summed E-state index contributed by atoms with van der Waals surface area (Å²) in [5.74, 6) is 0. The van der Waals surface area contributed by atoms with Gasteiger partial charge in [0.2, 0.25) is 0 Å². The predicted octanol–water partition coefficient (Wildman–Crippen LogP) is 3.54. The van der Waals surface area contributed by atoms with Crippen LogP contribution in [-0.2, 0) is 6.42 Å². The minimum atomic E-state index is 0.858. The number of rotatable bonds is 2. The van der Waals surface area contributed by atoms with E-state index in [4.69, 9.17) is 0 Å². The maximum Gasteiger partial charge on any atom is 0.121 e. The molecular weight excluding hydrogens is 234 g/mol. The molecule has 1 aromatic carbocycles. The molecule has 0 radical (unpaired) electrons. The fraction of sp³-hybridized carbons (Fsp3) is 0.125. The van der Waals surface area contributed by atoms with Crippen molar-refractivity contribution in [2.45, 2.75) is 12.8 Å². The monoisotopic (exact) mass is 249 g/mol. The molecule has 1 heterocycles. The van der Waals surface area contributed by atoms with E-state index in [1.165, 1.54) is 11.1 Å². The van der Waals surface area contributed by atoms with Gasteiger partial charge in [-0.05, 0) is 24.0 Å². The predicted molar refractivity (Wildman–Crippen MR) is 77.5 cm³/mol. The molecule has 1 aliphatic rings. The van der Waals surface area contributed by atoms with Gasteiger partial charge in [0.15, 0.2) is 0 Å². The Kier molecular flexibility index (Phi) is 2.88. The highest BCUT2D eigenvalue weighted by Crippen LogP contribution is 2.34. The average molecular weight is 249 g/mol. The molecule has 0 spiro atoms. The number of allylic oxidation sites excluding steroid dienone is 4. The summed E-state index contributed by atoms with van der Waals surface area (Å²) in [5.41, 5.74) is 6.38. The van der Waals surface area contributed by atoms with E-state index < -0.39 is 0 Å². The van der Waals surface area contributed by atoms with E-state index in [0.29, 0.717) is 0 Å². The third-order valence-electron chi connectivity index (χ3n) is 3.54. The van der Waals surface area contributed by atoms with Crippen molar-refractivity contribution in [2.75, 3.05) is 0 Å². The first-order chi connectivity index (χ1) is 9.35. The van der Waals surface area contributed by atoms with Gasteiger partial charge in [-0.2, -0.15) is 15.4 Å². The van der Waals surface area contributed by atoms with Crippen LogP contribution >= 0.6 is 0 Å². The zero-order valence-electron chi connectivity index (χ0n) is 10.7. The second-order valence-electron chi connectivity index (χ2n) is 4.53. The van der Waals surface area contributed by atoms with E-state index in [0.717, 1.165) is 35.4 Å². The van der Waals surface area contributed by atoms with Crippen LogP contribution in [0.5, 0.6) is 0 Å². The fourth-order valence-corrected chi connectivity index (χ4v) is 2.57. The van der Waals surface area contributed by atoms with Crippen LogP contribution in [0.3, 0.4) is 0 Å². The summed E-state index contributed by atoms with van der Waals surface area (Å²) < 4.78 is 0. The molecule has 0 saturated carbocycles. The minimum Gasteiger partial charge on any atom is -0.197 e. The lowest BCUT2D eigenvalue weighted by molar-refractivity contribution is 0.937. The summed E-state index contributed by atoms with van der Waals surface area (Å²) in [6.07, 6.45) is 5.64. The molecule has 0 saturated heterocycles. The van der Waals surface area contributed by atoms with Gasteiger partial charge in [0.25, 0.3) is 0 Å². The van der Waals surface area contributed by atoms with Gasteiger partial charge in [0.1, 0.15) is 11.4 Å². The molecule has 1 aromatic heterocycles. The van der Waals surface area contributed by atoms with Crippen molar-refractivity contribution in [3.8, 4) is 11.3 Å². The van der Waals surface area contributed by atoms with E-state index in [1.807, 2.05) is 18.2 Å². The van der Waals surface area contributed by atoms with Crippen LogP contribution in [-0.4, -0.2) is 15.4 Å². The number of fused-ring (bicyclic) bond motifs is 3. The Morgan fingerprint density at radius 3 is 2.58 bits per heavy atom. The van der Waals surface area contributed by atoms with Gasteiger partial charge in [0.05, 0.1) is 0 Å². The third kappa shape index (κ3) is 1.83. The zero-order valence-corrected chi connectivity index (χ0v) is 10.7. The van der Waals surface area contributed by atoms with E-state index in [-0.39, 0.29) is 0 Å². The Hall–Kier alpha value is -2.42. The van der Waals surface area contributed by atoms with Crippen molar-refractivity contribution < 1.29 is 0 Å². The number of H-pyrrole nitrogens is 1. The molecular formula is C16H15N3. The molecule has 2 aromatic rings. The van der Waals surface area contributed by atoms with Crippen molar-refractivity contribution in [2.24, 2.45) is 0 Å². The quantitative estimate of drug-likeness (QED) is 0.884. The van der Waals surface area contributed by atoms with Gasteiger partial charge in [0, 0.05) is 11.1 Å². The summed E-state index contributed by atoms with van der Waals surface area (Å²) in [5, 5.41) is 11.3. The van der Waals surface area contributed by atoms with Gasteiger partial charge in [-0.1, -0.05) is 49.6 Å². The second kappa shape index (κ2) is 4.69. The van der Waals surface area contributed by atoms with E-state index >= 15 is 0 Å². The number of aromatic nitrogens is 3. The first-order valence-electron chi connectivity index (χ1n) is 6.32. The normalized spacial score (nSPS) is 17.9. The Labute approximate surface area is 112 Å². The molecule has 3 nitrogen and oxygen atoms in total. The Bertz CT molecular complexity index is 677. The number of nitrogens with zero attached hydrogens (tertiary/aromatic N) is 2. The Morgan fingerprint density at radius 2 is 1.79 bits per heavy atom. The number of hydrogen-bond acceptors (Lipinski definition) is 2. The lowest BCUT2D eigenvalue weighted by Crippen LogP contribution is -2.00. The Balaban J connectivity index is 2.31. The average Bonchev–Trinajstić information content (AvgIpc) is 2.90. The summed E-state index contributed by atoms with van der Waals surface area (Å²) in [4.78, 5) is 0. The van der Waals surface area contributed by atoms with Crippen LogP contribution in [0.15, 0.2) is 55.1 Å². The van der Waals surface area contributed by atoms with Crippen LogP contribution in [0.25, 0.3) is 16.8 Å². The van der Waals surface area contributed by atoms with Gasteiger partial charge in [-0.25, -0.2) is 0 Å². The smallest absolute Gasteiger partial charge is 0.121 e. The SMILES string of the molecule is C=C/C1=C(\C=C)c2n[nH]nc2-c2ccccc2CC1. The molecule has 19 heavy (non-hydrogen) atoms. The number of hydrogen-bond donors (Lipinski definition) is 1. The highest BCUT2D eigenvalue weighted by Gasteiger charge is 2.20. The molecule has 3 heteroatoms. The molecule has 1 N–H and O–H groups in total. The molecule has 1 aliphatic carbocycles. The van der Waals surface area contributed by atoms with Gasteiger partial charge >= 0.3 is 0 Å². The van der Waals surface area contributed by atoms with Crippen molar-refractivity contribution in [1.29, 1.82) is 0 Å². The number of aryl methyl sites for hydroxylation is 1. The van der Waals surface area contributed by atoms with Crippen LogP contribution in [0.4, 0.5) is 0 Å². The van der Waals surface area contributed by atoms with Gasteiger partial charge in [-0.3, -0.25) is 0 Å². The van der Waals surface area contributed by atoms with Gasteiger partial charge < -0.3 is 0 Å². The molecule has 0 unspecified atom stereocenters. The third-order valence-corrected chi connectivity index (χ3v) is 3.54. The van der Waals surface area contributed by atoms with Crippen molar-refractivity contribution in [3.05, 3.63) is 66.4 Å². The first-order valence-corrected chi connectivity index (χ1v) is 6.32. The topological polar surface area (TPSA) is 41.6 Å². The van der Waals surface area contributed by atoms with E-state index in [2.05, 4.69) is 46.8 Å². The molecule has 0 atom stereocenters. The standard InChI is InChI=1S/C16H15N3/c1-3-11-9-10-12-7-5-6-8-14(12)16-15(13(11)4-2)17-19-18-16/h3-8H,1-2,9-10H2,(H,17,18,19)/b13-11-. The van der Waals surface area contributed by atoms with Crippen molar-refractivity contribution >= 4 is 5.57 Å². The lowest BCUT2D eigenvalue weighted by Gasteiger charge is -2.15. The summed E-state index contributed by atoms with van der Waals surface area (Å²) in [7, 11) is 0. The second-order valence-corrected chi connectivity index (χ2v) is 4.53. The first kappa shape index (κ1) is 11.7. The number of nitrogens with one attached hydrogen (secondary N) is 1. The van der Waals surface area contributed by atoms with E-state index in [9.17, 15) is 0 Å². The van der Waals surface area contributed by atoms with Crippen LogP contribution in [0, 0.1) is 0 Å². The summed E-state index contributed by atoms with van der Waals surface area (Å²) >= 11 is 0. The largest absolute Gasteiger partial charge is 0.197 e. The van der Waals surface area contributed by atoms with Crippen LogP contribution in [0.2, 0.25) is 0 Å².